The van der Waals surface area contributed by atoms with E-state index in [1.54, 1.807) is 0 Å². The van der Waals surface area contributed by atoms with Crippen LogP contribution >= 0.6 is 0 Å². The molecule has 0 amide bonds. The van der Waals surface area contributed by atoms with Crippen molar-refractivity contribution >= 4 is 74.3 Å². The molecule has 81 heavy (non-hydrogen) atoms. The molecule has 0 spiro atoms. The first-order valence-electron chi connectivity index (χ1n) is 30.0. The van der Waals surface area contributed by atoms with Crippen molar-refractivity contribution in [1.29, 1.82) is 0 Å². The third kappa shape index (κ3) is 9.91. The first-order valence-corrected chi connectivity index (χ1v) is 30.0. The van der Waals surface area contributed by atoms with E-state index < -0.39 is 0 Å². The normalized spacial score (nSPS) is 13.8. The van der Waals surface area contributed by atoms with E-state index in [1.807, 2.05) is 27.7 Å². The minimum Gasteiger partial charge on any atom is -0.311 e. The van der Waals surface area contributed by atoms with Crippen LogP contribution in [0.4, 0.5) is 51.2 Å². The predicted molar refractivity (Wildman–Crippen MR) is 356 cm³/mol. The third-order valence-electron chi connectivity index (χ3n) is 17.1. The first kappa shape index (κ1) is 56.7. The summed E-state index contributed by atoms with van der Waals surface area (Å²) in [5, 5.41) is 0. The zero-order valence-corrected chi connectivity index (χ0v) is 51.9. The number of benzene rings is 9. The Morgan fingerprint density at radius 3 is 1.52 bits per heavy atom. The Morgan fingerprint density at radius 1 is 0.370 bits per heavy atom. The van der Waals surface area contributed by atoms with E-state index in [-0.39, 0.29) is 33.8 Å². The lowest BCUT2D eigenvalue weighted by atomic mass is 9.33. The van der Waals surface area contributed by atoms with Crippen LogP contribution in [0.15, 0.2) is 194 Å². The highest BCUT2D eigenvalue weighted by atomic mass is 15.2. The quantitative estimate of drug-likeness (QED) is 0.154. The van der Waals surface area contributed by atoms with Crippen LogP contribution in [0.1, 0.15) is 158 Å². The van der Waals surface area contributed by atoms with Gasteiger partial charge >= 0.3 is 0 Å². The molecule has 412 valence electrons. The van der Waals surface area contributed by atoms with Crippen molar-refractivity contribution in [2.24, 2.45) is 0 Å². The fourth-order valence-corrected chi connectivity index (χ4v) is 12.7. The van der Waals surface area contributed by atoms with Gasteiger partial charge in [0.15, 0.2) is 0 Å². The van der Waals surface area contributed by atoms with Crippen molar-refractivity contribution in [2.45, 2.75) is 152 Å². The van der Waals surface area contributed by atoms with Crippen LogP contribution in [0.3, 0.4) is 0 Å². The van der Waals surface area contributed by atoms with E-state index in [0.29, 0.717) is 0 Å². The van der Waals surface area contributed by atoms with E-state index >= 15 is 0 Å². The Hall–Kier alpha value is -7.56. The second-order valence-electron chi connectivity index (χ2n) is 26.7. The summed E-state index contributed by atoms with van der Waals surface area (Å²) in [6.45, 7) is 40.8. The van der Waals surface area contributed by atoms with Gasteiger partial charge in [-0.15, -0.1) is 0 Å². The molecule has 0 unspecified atom stereocenters. The topological polar surface area (TPSA) is 9.72 Å². The maximum absolute atomic E-state index is 2.69. The number of anilines is 9. The Kier molecular flexibility index (Phi) is 14.8. The first-order chi connectivity index (χ1) is 38.5. The third-order valence-corrected chi connectivity index (χ3v) is 17.1. The molecular formula is C77H86BN3. The lowest BCUT2D eigenvalue weighted by Gasteiger charge is -2.46. The molecule has 4 heteroatoms. The molecule has 0 bridgehead atoms. The second kappa shape index (κ2) is 21.1. The van der Waals surface area contributed by atoms with Crippen molar-refractivity contribution in [3.8, 4) is 22.3 Å². The van der Waals surface area contributed by atoms with Crippen molar-refractivity contribution < 1.29 is 0 Å². The standard InChI is InChI=1S/C73H74BN3.2C2H6/c1-69(2,3)48-33-31-47(32-34-48)55-25-19-21-29-61(55)75(52-23-16-15-17-24-52)54-40-41-59-64(46-54)77(63-30-22-27-57-56-26-18-20-28-58(56)73(13,14)67(57)63)66-45-51(72(10,11)12)44-65-68(66)74(59)60-43-50(71(7,8)9)37-42-62(60)76(65)53-38-35-49(36-39-53)70(4,5)6;2*1-2/h15-46H,1-14H3;2*1-2H3. The summed E-state index contributed by atoms with van der Waals surface area (Å²) in [5.41, 5.74) is 27.2. The van der Waals surface area contributed by atoms with E-state index in [0.717, 1.165) is 17.1 Å². The molecule has 12 rings (SSSR count). The van der Waals surface area contributed by atoms with Crippen LogP contribution in [-0.4, -0.2) is 6.71 Å². The monoisotopic (exact) mass is 1060 g/mol. The van der Waals surface area contributed by atoms with Crippen LogP contribution in [0.5, 0.6) is 0 Å². The largest absolute Gasteiger partial charge is 0.311 e. The number of para-hydroxylation sites is 2. The fourth-order valence-electron chi connectivity index (χ4n) is 12.7. The molecule has 0 fully saturated rings. The molecule has 0 N–H and O–H groups in total. The van der Waals surface area contributed by atoms with Crippen LogP contribution in [-0.2, 0) is 27.1 Å². The molecule has 0 radical (unpaired) electrons. The Bertz CT molecular complexity index is 3760. The Balaban J connectivity index is 0.00000180. The molecular weight excluding hydrogens is 978 g/mol. The minimum atomic E-state index is -0.272. The van der Waals surface area contributed by atoms with Crippen molar-refractivity contribution in [3.05, 3.63) is 228 Å². The molecule has 3 nitrogen and oxygen atoms in total. The predicted octanol–water partition coefficient (Wildman–Crippen LogP) is 20.5. The van der Waals surface area contributed by atoms with E-state index in [2.05, 4.69) is 306 Å². The van der Waals surface area contributed by atoms with Crippen LogP contribution in [0.25, 0.3) is 22.3 Å². The van der Waals surface area contributed by atoms with Crippen LogP contribution in [0, 0.1) is 0 Å². The van der Waals surface area contributed by atoms with Gasteiger partial charge in [-0.05, 0) is 155 Å². The number of fused-ring (bicyclic) bond motifs is 7. The minimum absolute atomic E-state index is 0.0265. The van der Waals surface area contributed by atoms with Crippen molar-refractivity contribution in [3.63, 3.8) is 0 Å². The number of nitrogens with zero attached hydrogens (tertiary/aromatic N) is 3. The Labute approximate surface area is 487 Å². The average molecular weight is 1060 g/mol. The molecule has 0 saturated carbocycles. The van der Waals surface area contributed by atoms with E-state index in [4.69, 9.17) is 0 Å². The smallest absolute Gasteiger partial charge is 0.252 e. The summed E-state index contributed by atoms with van der Waals surface area (Å²) in [7, 11) is 0. The lowest BCUT2D eigenvalue weighted by molar-refractivity contribution is 0.589. The molecule has 9 aromatic rings. The average Bonchev–Trinajstić information content (AvgIpc) is 3.73. The molecule has 0 saturated heterocycles. The van der Waals surface area contributed by atoms with Gasteiger partial charge in [-0.2, -0.15) is 0 Å². The van der Waals surface area contributed by atoms with E-state index in [1.165, 1.54) is 106 Å². The molecule has 0 atom stereocenters. The van der Waals surface area contributed by atoms with Gasteiger partial charge in [0.05, 0.1) is 11.4 Å². The molecule has 3 aliphatic rings. The van der Waals surface area contributed by atoms with Gasteiger partial charge in [-0.3, -0.25) is 0 Å². The maximum Gasteiger partial charge on any atom is 0.252 e. The van der Waals surface area contributed by atoms with Gasteiger partial charge in [0.2, 0.25) is 0 Å². The zero-order chi connectivity index (χ0) is 58.1. The summed E-state index contributed by atoms with van der Waals surface area (Å²) >= 11 is 0. The number of hydrogen-bond donors (Lipinski definition) is 0. The molecule has 9 aromatic carbocycles. The highest BCUT2D eigenvalue weighted by Crippen LogP contribution is 2.56. The highest BCUT2D eigenvalue weighted by molar-refractivity contribution is 7.00. The van der Waals surface area contributed by atoms with Crippen LogP contribution < -0.4 is 31.1 Å². The van der Waals surface area contributed by atoms with Crippen LogP contribution in [0.2, 0.25) is 0 Å². The second-order valence-corrected chi connectivity index (χ2v) is 26.7. The zero-order valence-electron chi connectivity index (χ0n) is 51.9. The van der Waals surface area contributed by atoms with Gasteiger partial charge in [0, 0.05) is 50.8 Å². The number of hydrogen-bond acceptors (Lipinski definition) is 3. The molecule has 1 aliphatic carbocycles. The molecule has 0 aromatic heterocycles. The summed E-state index contributed by atoms with van der Waals surface area (Å²) in [6, 6.07) is 74.5. The van der Waals surface area contributed by atoms with Gasteiger partial charge in [-0.1, -0.05) is 252 Å². The lowest BCUT2D eigenvalue weighted by Crippen LogP contribution is -2.61. The fraction of sp³-hybridized carbons (Fsp3) is 0.299. The van der Waals surface area contributed by atoms with Crippen molar-refractivity contribution in [1.82, 2.24) is 0 Å². The molecule has 2 heterocycles. The summed E-state index contributed by atoms with van der Waals surface area (Å²) in [6.07, 6.45) is 0. The van der Waals surface area contributed by atoms with Gasteiger partial charge < -0.3 is 14.7 Å². The summed E-state index contributed by atoms with van der Waals surface area (Å²) in [4.78, 5) is 7.77. The maximum atomic E-state index is 2.69. The number of rotatable bonds is 6. The van der Waals surface area contributed by atoms with Gasteiger partial charge in [0.1, 0.15) is 0 Å². The van der Waals surface area contributed by atoms with Crippen molar-refractivity contribution in [2.75, 3.05) is 14.7 Å². The van der Waals surface area contributed by atoms with E-state index in [9.17, 15) is 0 Å². The SMILES string of the molecule is CC.CC.CC(C)(C)c1ccc(-c2ccccc2N(c2ccccc2)c2ccc3c(c2)N(c2cccc4c2C(C)(C)c2ccccc2-4)c2cc(C(C)(C)C)cc4c2B3c2cc(C(C)(C)C)ccc2N4c2ccc(C(C)(C)C)cc2)cc1. The molecule has 2 aliphatic heterocycles. The summed E-state index contributed by atoms with van der Waals surface area (Å²) in [5.74, 6) is 0. The Morgan fingerprint density at radius 2 is 0.901 bits per heavy atom. The highest BCUT2D eigenvalue weighted by Gasteiger charge is 2.47. The summed E-state index contributed by atoms with van der Waals surface area (Å²) < 4.78 is 0. The van der Waals surface area contributed by atoms with Gasteiger partial charge in [0.25, 0.3) is 6.71 Å². The van der Waals surface area contributed by atoms with Gasteiger partial charge in [-0.25, -0.2) is 0 Å².